The lowest BCUT2D eigenvalue weighted by molar-refractivity contribution is -0.145. The van der Waals surface area contributed by atoms with Crippen LogP contribution in [-0.4, -0.2) is 65.4 Å². The minimum absolute atomic E-state index is 0.155. The highest BCUT2D eigenvalue weighted by Crippen LogP contribution is 1.98. The minimum atomic E-state index is -0.155. The highest BCUT2D eigenvalue weighted by molar-refractivity contribution is 5.69. The third kappa shape index (κ3) is 19.4. The molecule has 24 heavy (non-hydrogen) atoms. The summed E-state index contributed by atoms with van der Waals surface area (Å²) >= 11 is 0. The molecule has 0 aliphatic carbocycles. The number of esters is 1. The summed E-state index contributed by atoms with van der Waals surface area (Å²) in [6, 6.07) is 0. The van der Waals surface area contributed by atoms with Gasteiger partial charge in [-0.3, -0.25) is 4.79 Å². The van der Waals surface area contributed by atoms with Crippen LogP contribution in [0.2, 0.25) is 0 Å². The monoisotopic (exact) mass is 348 g/mol. The van der Waals surface area contributed by atoms with Crippen molar-refractivity contribution in [2.75, 3.05) is 59.5 Å². The van der Waals surface area contributed by atoms with Gasteiger partial charge in [-0.05, 0) is 18.3 Å². The first-order valence-electron chi connectivity index (χ1n) is 8.99. The van der Waals surface area contributed by atoms with Crippen LogP contribution >= 0.6 is 0 Å². The summed E-state index contributed by atoms with van der Waals surface area (Å²) in [6.45, 7) is 13.5. The van der Waals surface area contributed by atoms with Gasteiger partial charge in [-0.15, -0.1) is 0 Å². The van der Waals surface area contributed by atoms with Crippen molar-refractivity contribution < 1.29 is 28.5 Å². The van der Waals surface area contributed by atoms with Crippen LogP contribution in [0, 0.1) is 11.8 Å². The van der Waals surface area contributed by atoms with Crippen LogP contribution in [0.4, 0.5) is 0 Å². The van der Waals surface area contributed by atoms with Crippen molar-refractivity contribution in [3.63, 3.8) is 0 Å². The van der Waals surface area contributed by atoms with E-state index in [1.54, 1.807) is 0 Å². The van der Waals surface area contributed by atoms with E-state index in [4.69, 9.17) is 23.7 Å². The van der Waals surface area contributed by atoms with Crippen LogP contribution in [0.1, 0.15) is 40.5 Å². The molecule has 0 unspecified atom stereocenters. The van der Waals surface area contributed by atoms with E-state index in [2.05, 4.69) is 13.8 Å². The second-order valence-electron chi connectivity index (χ2n) is 6.49. The van der Waals surface area contributed by atoms with Crippen molar-refractivity contribution in [1.82, 2.24) is 0 Å². The lowest BCUT2D eigenvalue weighted by Gasteiger charge is -2.09. The van der Waals surface area contributed by atoms with Crippen molar-refractivity contribution in [2.45, 2.75) is 40.5 Å². The van der Waals surface area contributed by atoms with Gasteiger partial charge in [0.15, 0.2) is 0 Å². The normalized spacial score (nSPS) is 11.4. The van der Waals surface area contributed by atoms with E-state index in [9.17, 15) is 4.79 Å². The lowest BCUT2D eigenvalue weighted by Crippen LogP contribution is -2.13. The molecule has 0 bridgehead atoms. The molecular formula is C18H36O6. The smallest absolute Gasteiger partial charge is 0.305 e. The first-order valence-corrected chi connectivity index (χ1v) is 8.99. The third-order valence-corrected chi connectivity index (χ3v) is 2.81. The molecule has 144 valence electrons. The van der Waals surface area contributed by atoms with E-state index in [0.717, 1.165) is 6.61 Å². The Kier molecular flexibility index (Phi) is 16.7. The quantitative estimate of drug-likeness (QED) is 0.297. The lowest BCUT2D eigenvalue weighted by atomic mass is 10.2. The minimum Gasteiger partial charge on any atom is -0.465 e. The summed E-state index contributed by atoms with van der Waals surface area (Å²) in [4.78, 5) is 11.4. The maximum atomic E-state index is 11.4. The van der Waals surface area contributed by atoms with Crippen molar-refractivity contribution in [3.8, 4) is 0 Å². The largest absolute Gasteiger partial charge is 0.465 e. The molecule has 0 heterocycles. The molecule has 0 saturated carbocycles. The number of ether oxygens (including phenoxy) is 5. The Balaban J connectivity index is 3.11. The molecule has 6 heteroatoms. The molecule has 0 aromatic rings. The van der Waals surface area contributed by atoms with Gasteiger partial charge in [0.25, 0.3) is 0 Å². The Hall–Kier alpha value is -0.690. The van der Waals surface area contributed by atoms with E-state index in [1.165, 1.54) is 0 Å². The molecule has 0 fully saturated rings. The summed E-state index contributed by atoms with van der Waals surface area (Å²) in [7, 11) is 0. The second-order valence-corrected chi connectivity index (χ2v) is 6.49. The zero-order chi connectivity index (χ0) is 18.0. The van der Waals surface area contributed by atoms with Gasteiger partial charge < -0.3 is 23.7 Å². The molecular weight excluding hydrogens is 312 g/mol. The van der Waals surface area contributed by atoms with Crippen molar-refractivity contribution in [3.05, 3.63) is 0 Å². The zero-order valence-electron chi connectivity index (χ0n) is 15.9. The molecule has 0 aromatic heterocycles. The topological polar surface area (TPSA) is 63.2 Å². The fourth-order valence-electron chi connectivity index (χ4n) is 1.63. The fourth-order valence-corrected chi connectivity index (χ4v) is 1.63. The molecule has 0 saturated heterocycles. The van der Waals surface area contributed by atoms with Gasteiger partial charge in [-0.2, -0.15) is 0 Å². The van der Waals surface area contributed by atoms with Gasteiger partial charge in [0.1, 0.15) is 0 Å². The van der Waals surface area contributed by atoms with Crippen LogP contribution in [0.3, 0.4) is 0 Å². The molecule has 0 aromatic carbocycles. The molecule has 0 aliphatic heterocycles. The Bertz CT molecular complexity index is 281. The van der Waals surface area contributed by atoms with Crippen molar-refractivity contribution in [2.24, 2.45) is 11.8 Å². The molecule has 0 aliphatic rings. The summed E-state index contributed by atoms with van der Waals surface area (Å²) < 4.78 is 26.7. The van der Waals surface area contributed by atoms with Crippen LogP contribution in [0.15, 0.2) is 0 Å². The number of hydrogen-bond donors (Lipinski definition) is 0. The van der Waals surface area contributed by atoms with Gasteiger partial charge >= 0.3 is 5.97 Å². The van der Waals surface area contributed by atoms with Gasteiger partial charge in [0.05, 0.1) is 46.2 Å². The molecule has 0 N–H and O–H groups in total. The fraction of sp³-hybridized carbons (Fsp3) is 0.944. The van der Waals surface area contributed by atoms with Gasteiger partial charge in [0, 0.05) is 19.6 Å². The van der Waals surface area contributed by atoms with E-state index >= 15 is 0 Å². The first-order chi connectivity index (χ1) is 11.5. The average Bonchev–Trinajstić information content (AvgIpc) is 2.52. The summed E-state index contributed by atoms with van der Waals surface area (Å²) in [5.41, 5.74) is 0. The summed E-state index contributed by atoms with van der Waals surface area (Å²) in [6.07, 6.45) is 1.08. The number of rotatable bonds is 17. The van der Waals surface area contributed by atoms with E-state index < -0.39 is 0 Å². The average molecular weight is 348 g/mol. The van der Waals surface area contributed by atoms with Crippen LogP contribution in [0.5, 0.6) is 0 Å². The standard InChI is InChI=1S/C18H36O6/c1-16(2)14-23-13-12-22-11-10-21-9-8-20-7-5-6-18(19)24-15-17(3)4/h16-17H,5-15H2,1-4H3. The highest BCUT2D eigenvalue weighted by atomic mass is 16.6. The van der Waals surface area contributed by atoms with Gasteiger partial charge in [0.2, 0.25) is 0 Å². The van der Waals surface area contributed by atoms with E-state index in [1.807, 2.05) is 13.8 Å². The molecule has 0 spiro atoms. The van der Waals surface area contributed by atoms with Crippen LogP contribution in [0.25, 0.3) is 0 Å². The number of carbonyl (C=O) groups excluding carboxylic acids is 1. The van der Waals surface area contributed by atoms with Crippen molar-refractivity contribution >= 4 is 5.97 Å². The predicted octanol–water partition coefficient (Wildman–Crippen LogP) is 2.69. The maximum Gasteiger partial charge on any atom is 0.305 e. The zero-order valence-corrected chi connectivity index (χ0v) is 15.9. The molecule has 0 atom stereocenters. The molecule has 0 amide bonds. The Morgan fingerprint density at radius 1 is 0.667 bits per heavy atom. The maximum absolute atomic E-state index is 11.4. The molecule has 0 radical (unpaired) electrons. The second kappa shape index (κ2) is 17.1. The highest BCUT2D eigenvalue weighted by Gasteiger charge is 2.03. The Labute approximate surface area is 147 Å². The summed E-state index contributed by atoms with van der Waals surface area (Å²) in [5.74, 6) is 0.774. The Morgan fingerprint density at radius 3 is 1.62 bits per heavy atom. The SMILES string of the molecule is CC(C)COCCOCCOCCOCCCC(=O)OCC(C)C. The summed E-state index contributed by atoms with van der Waals surface area (Å²) in [5, 5.41) is 0. The van der Waals surface area contributed by atoms with E-state index in [-0.39, 0.29) is 5.97 Å². The third-order valence-electron chi connectivity index (χ3n) is 2.81. The number of carbonyl (C=O) groups is 1. The number of hydrogen-bond acceptors (Lipinski definition) is 6. The van der Waals surface area contributed by atoms with Crippen LogP contribution in [-0.2, 0) is 28.5 Å². The Morgan fingerprint density at radius 2 is 1.12 bits per heavy atom. The molecule has 0 rings (SSSR count). The van der Waals surface area contributed by atoms with Crippen LogP contribution < -0.4 is 0 Å². The first kappa shape index (κ1) is 23.3. The van der Waals surface area contributed by atoms with E-state index in [0.29, 0.717) is 77.5 Å². The van der Waals surface area contributed by atoms with Gasteiger partial charge in [-0.25, -0.2) is 0 Å². The van der Waals surface area contributed by atoms with Gasteiger partial charge in [-0.1, -0.05) is 27.7 Å². The van der Waals surface area contributed by atoms with Crippen molar-refractivity contribution in [1.29, 1.82) is 0 Å². The molecule has 6 nitrogen and oxygen atoms in total. The predicted molar refractivity (Wildman–Crippen MR) is 93.1 cm³/mol.